The summed E-state index contributed by atoms with van der Waals surface area (Å²) < 4.78 is 8.46. The highest BCUT2D eigenvalue weighted by Crippen LogP contribution is 2.36. The lowest BCUT2D eigenvalue weighted by Crippen LogP contribution is -2.02. The van der Waals surface area contributed by atoms with Crippen LogP contribution in [0.3, 0.4) is 0 Å². The number of para-hydroxylation sites is 2. The maximum atomic E-state index is 6.30. The minimum Gasteiger partial charge on any atom is -0.437 e. The zero-order valence-electron chi connectivity index (χ0n) is 17.8. The van der Waals surface area contributed by atoms with E-state index in [0.29, 0.717) is 17.5 Å². The average molecular weight is 396 g/mol. The van der Waals surface area contributed by atoms with Gasteiger partial charge >= 0.3 is 0 Å². The average Bonchev–Trinajstić information content (AvgIpc) is 3.37. The minimum atomic E-state index is 0.355. The summed E-state index contributed by atoms with van der Waals surface area (Å²) in [5.41, 5.74) is 5.96. The van der Waals surface area contributed by atoms with E-state index in [0.717, 1.165) is 39.1 Å². The van der Waals surface area contributed by atoms with E-state index in [1.807, 2.05) is 12.4 Å². The molecule has 4 heteroatoms. The molecule has 0 aliphatic heterocycles. The first-order valence-electron chi connectivity index (χ1n) is 10.5. The lowest BCUT2D eigenvalue weighted by molar-refractivity contribution is 0.648. The minimum absolute atomic E-state index is 0.355. The lowest BCUT2D eigenvalue weighted by Gasteiger charge is -2.15. The SMILES string of the molecule is CC(C)c1ccc2c(n1)oc1c(-c3nccn3-c3ccccc3C(C)C)cccc12. The normalized spacial score (nSPS) is 11.9. The fourth-order valence-corrected chi connectivity index (χ4v) is 4.08. The van der Waals surface area contributed by atoms with Gasteiger partial charge in [-0.15, -0.1) is 0 Å². The Hall–Kier alpha value is -3.40. The fourth-order valence-electron chi connectivity index (χ4n) is 4.08. The van der Waals surface area contributed by atoms with E-state index < -0.39 is 0 Å². The van der Waals surface area contributed by atoms with Gasteiger partial charge in [-0.25, -0.2) is 9.97 Å². The van der Waals surface area contributed by atoms with Gasteiger partial charge in [0.2, 0.25) is 5.71 Å². The molecule has 0 N–H and O–H groups in total. The first-order chi connectivity index (χ1) is 14.5. The van der Waals surface area contributed by atoms with E-state index >= 15 is 0 Å². The molecule has 0 saturated carbocycles. The Balaban J connectivity index is 1.74. The van der Waals surface area contributed by atoms with Crippen LogP contribution >= 0.6 is 0 Å². The second kappa shape index (κ2) is 7.13. The maximum Gasteiger partial charge on any atom is 0.227 e. The number of hydrogen-bond donors (Lipinski definition) is 0. The molecule has 150 valence electrons. The molecule has 4 nitrogen and oxygen atoms in total. The van der Waals surface area contributed by atoms with Crippen LogP contribution in [-0.4, -0.2) is 14.5 Å². The van der Waals surface area contributed by atoms with Gasteiger partial charge in [-0.05, 0) is 41.7 Å². The van der Waals surface area contributed by atoms with Crippen LogP contribution < -0.4 is 0 Å². The van der Waals surface area contributed by atoms with Crippen molar-refractivity contribution < 1.29 is 4.42 Å². The number of pyridine rings is 1. The molecular formula is C26H25N3O. The smallest absolute Gasteiger partial charge is 0.227 e. The number of rotatable bonds is 4. The van der Waals surface area contributed by atoms with Crippen LogP contribution in [0.15, 0.2) is 71.4 Å². The van der Waals surface area contributed by atoms with E-state index in [1.165, 1.54) is 5.56 Å². The Morgan fingerprint density at radius 1 is 0.833 bits per heavy atom. The molecule has 3 aromatic heterocycles. The number of nitrogens with zero attached hydrogens (tertiary/aromatic N) is 3. The Bertz CT molecular complexity index is 1360. The van der Waals surface area contributed by atoms with Gasteiger partial charge in [-0.3, -0.25) is 4.57 Å². The first kappa shape index (κ1) is 18.6. The molecule has 0 unspecified atom stereocenters. The topological polar surface area (TPSA) is 43.9 Å². The molecule has 2 aromatic carbocycles. The van der Waals surface area contributed by atoms with E-state index in [4.69, 9.17) is 14.4 Å². The van der Waals surface area contributed by atoms with Crippen molar-refractivity contribution in [2.24, 2.45) is 0 Å². The molecule has 0 radical (unpaired) electrons. The molecule has 0 fully saturated rings. The van der Waals surface area contributed by atoms with E-state index in [9.17, 15) is 0 Å². The van der Waals surface area contributed by atoms with Crippen molar-refractivity contribution in [2.45, 2.75) is 39.5 Å². The molecule has 30 heavy (non-hydrogen) atoms. The molecule has 0 aliphatic carbocycles. The Kier molecular flexibility index (Phi) is 4.43. The van der Waals surface area contributed by atoms with Crippen LogP contribution in [0.4, 0.5) is 0 Å². The number of imidazole rings is 1. The Labute approximate surface area is 176 Å². The van der Waals surface area contributed by atoms with Gasteiger partial charge in [-0.2, -0.15) is 0 Å². The molecule has 5 rings (SSSR count). The van der Waals surface area contributed by atoms with Gasteiger partial charge < -0.3 is 4.42 Å². The third-order valence-corrected chi connectivity index (χ3v) is 5.68. The standard InChI is InChI=1S/C26H25N3O/c1-16(2)18-8-5-6-11-23(18)29-15-14-27-25(29)21-10-7-9-19-20-12-13-22(17(3)4)28-26(20)30-24(19)21/h5-17H,1-4H3. The summed E-state index contributed by atoms with van der Waals surface area (Å²) in [5.74, 6) is 1.64. The second-order valence-corrected chi connectivity index (χ2v) is 8.36. The van der Waals surface area contributed by atoms with E-state index in [2.05, 4.69) is 86.9 Å². The highest BCUT2D eigenvalue weighted by Gasteiger charge is 2.18. The van der Waals surface area contributed by atoms with Crippen molar-refractivity contribution in [2.75, 3.05) is 0 Å². The van der Waals surface area contributed by atoms with Crippen LogP contribution in [0, 0.1) is 0 Å². The number of furan rings is 1. The molecule has 5 aromatic rings. The van der Waals surface area contributed by atoms with Crippen LogP contribution in [0.5, 0.6) is 0 Å². The van der Waals surface area contributed by atoms with Crippen molar-refractivity contribution >= 4 is 22.1 Å². The van der Waals surface area contributed by atoms with E-state index in [1.54, 1.807) is 0 Å². The maximum absolute atomic E-state index is 6.30. The lowest BCUT2D eigenvalue weighted by atomic mass is 10.0. The van der Waals surface area contributed by atoms with Gasteiger partial charge in [0.15, 0.2) is 0 Å². The molecule has 3 heterocycles. The summed E-state index contributed by atoms with van der Waals surface area (Å²) >= 11 is 0. The number of fused-ring (bicyclic) bond motifs is 3. The molecule has 0 amide bonds. The quantitative estimate of drug-likeness (QED) is 0.326. The summed E-state index contributed by atoms with van der Waals surface area (Å²) in [4.78, 5) is 9.47. The van der Waals surface area contributed by atoms with Gasteiger partial charge in [0.25, 0.3) is 0 Å². The number of aromatic nitrogens is 3. The van der Waals surface area contributed by atoms with Crippen LogP contribution in [0.25, 0.3) is 39.1 Å². The largest absolute Gasteiger partial charge is 0.437 e. The third-order valence-electron chi connectivity index (χ3n) is 5.68. The van der Waals surface area contributed by atoms with Gasteiger partial charge in [-0.1, -0.05) is 58.0 Å². The summed E-state index contributed by atoms with van der Waals surface area (Å²) in [7, 11) is 0. The second-order valence-electron chi connectivity index (χ2n) is 8.36. The van der Waals surface area contributed by atoms with E-state index in [-0.39, 0.29) is 0 Å². The van der Waals surface area contributed by atoms with Crippen molar-refractivity contribution in [3.63, 3.8) is 0 Å². The predicted molar refractivity (Wildman–Crippen MR) is 122 cm³/mol. The molecule has 0 atom stereocenters. The number of hydrogen-bond acceptors (Lipinski definition) is 3. The Morgan fingerprint density at radius 2 is 1.67 bits per heavy atom. The molecule has 0 saturated heterocycles. The van der Waals surface area contributed by atoms with Gasteiger partial charge in [0.05, 0.1) is 11.3 Å². The molecule has 0 spiro atoms. The van der Waals surface area contributed by atoms with Crippen molar-refractivity contribution in [1.82, 2.24) is 14.5 Å². The van der Waals surface area contributed by atoms with Crippen molar-refractivity contribution in [1.29, 1.82) is 0 Å². The molecule has 0 aliphatic rings. The third kappa shape index (κ3) is 2.91. The summed E-state index contributed by atoms with van der Waals surface area (Å²) in [5, 5.41) is 2.11. The fraction of sp³-hybridized carbons (Fsp3) is 0.231. The van der Waals surface area contributed by atoms with Crippen molar-refractivity contribution in [3.8, 4) is 17.1 Å². The van der Waals surface area contributed by atoms with Crippen LogP contribution in [0.2, 0.25) is 0 Å². The zero-order valence-corrected chi connectivity index (χ0v) is 17.8. The highest BCUT2D eigenvalue weighted by molar-refractivity contribution is 6.08. The van der Waals surface area contributed by atoms with Crippen molar-refractivity contribution in [3.05, 3.63) is 78.2 Å². The van der Waals surface area contributed by atoms with Crippen LogP contribution in [0.1, 0.15) is 50.8 Å². The Morgan fingerprint density at radius 3 is 2.47 bits per heavy atom. The molecular weight excluding hydrogens is 370 g/mol. The highest BCUT2D eigenvalue weighted by atomic mass is 16.3. The monoisotopic (exact) mass is 395 g/mol. The summed E-state index contributed by atoms with van der Waals surface area (Å²) in [6.45, 7) is 8.72. The van der Waals surface area contributed by atoms with Gasteiger partial charge in [0.1, 0.15) is 11.4 Å². The summed E-state index contributed by atoms with van der Waals surface area (Å²) in [6.07, 6.45) is 3.87. The van der Waals surface area contributed by atoms with Crippen LogP contribution in [-0.2, 0) is 0 Å². The first-order valence-corrected chi connectivity index (χ1v) is 10.5. The summed E-state index contributed by atoms with van der Waals surface area (Å²) in [6, 6.07) is 18.9. The zero-order chi connectivity index (χ0) is 20.8. The molecule has 0 bridgehead atoms. The van der Waals surface area contributed by atoms with Gasteiger partial charge in [0, 0.05) is 28.9 Å². The number of benzene rings is 2. The predicted octanol–water partition coefficient (Wildman–Crippen LogP) is 7.08.